The SMILES string of the molecule is CCCCC(O)C(C)/C=C/C=O. The van der Waals surface area contributed by atoms with Gasteiger partial charge < -0.3 is 5.11 Å². The summed E-state index contributed by atoms with van der Waals surface area (Å²) >= 11 is 0. The van der Waals surface area contributed by atoms with Gasteiger partial charge in [0.2, 0.25) is 0 Å². The van der Waals surface area contributed by atoms with Crippen LogP contribution in [-0.4, -0.2) is 17.5 Å². The quantitative estimate of drug-likeness (QED) is 0.488. The number of hydrogen-bond acceptors (Lipinski definition) is 2. The first kappa shape index (κ1) is 11.4. The van der Waals surface area contributed by atoms with Crippen LogP contribution in [0.2, 0.25) is 0 Å². The van der Waals surface area contributed by atoms with E-state index in [0.717, 1.165) is 25.5 Å². The molecule has 0 aromatic rings. The minimum Gasteiger partial charge on any atom is -0.393 e. The molecule has 2 atom stereocenters. The normalized spacial score (nSPS) is 16.2. The Bertz CT molecular complexity index is 141. The minimum absolute atomic E-state index is 0.0850. The molecule has 0 bridgehead atoms. The van der Waals surface area contributed by atoms with Crippen LogP contribution in [0.25, 0.3) is 0 Å². The molecule has 0 aliphatic heterocycles. The van der Waals surface area contributed by atoms with Crippen LogP contribution in [0.15, 0.2) is 12.2 Å². The molecule has 0 amide bonds. The van der Waals surface area contributed by atoms with Gasteiger partial charge in [0.15, 0.2) is 0 Å². The van der Waals surface area contributed by atoms with Gasteiger partial charge in [-0.05, 0) is 12.5 Å². The van der Waals surface area contributed by atoms with Crippen molar-refractivity contribution in [3.05, 3.63) is 12.2 Å². The first-order chi connectivity index (χ1) is 5.72. The molecular formula is C10H18O2. The number of unbranched alkanes of at least 4 members (excludes halogenated alkanes) is 1. The summed E-state index contributed by atoms with van der Waals surface area (Å²) in [6.45, 7) is 4.01. The second kappa shape index (κ2) is 7.04. The summed E-state index contributed by atoms with van der Waals surface area (Å²) in [5.41, 5.74) is 0. The van der Waals surface area contributed by atoms with Crippen molar-refractivity contribution in [2.75, 3.05) is 0 Å². The molecule has 0 aromatic heterocycles. The van der Waals surface area contributed by atoms with Gasteiger partial charge in [-0.25, -0.2) is 0 Å². The molecule has 1 N–H and O–H groups in total. The van der Waals surface area contributed by atoms with Gasteiger partial charge >= 0.3 is 0 Å². The monoisotopic (exact) mass is 170 g/mol. The average Bonchev–Trinajstić information content (AvgIpc) is 2.10. The molecule has 0 aliphatic rings. The number of rotatable bonds is 6. The molecule has 0 aliphatic carbocycles. The smallest absolute Gasteiger partial charge is 0.142 e. The van der Waals surface area contributed by atoms with Gasteiger partial charge in [0.05, 0.1) is 6.10 Å². The van der Waals surface area contributed by atoms with Gasteiger partial charge in [-0.15, -0.1) is 0 Å². The van der Waals surface area contributed by atoms with Crippen molar-refractivity contribution < 1.29 is 9.90 Å². The first-order valence-electron chi connectivity index (χ1n) is 4.52. The second-order valence-corrected chi connectivity index (χ2v) is 3.09. The average molecular weight is 170 g/mol. The summed E-state index contributed by atoms with van der Waals surface area (Å²) in [5.74, 6) is 0.0850. The van der Waals surface area contributed by atoms with Crippen molar-refractivity contribution >= 4 is 6.29 Å². The predicted molar refractivity (Wildman–Crippen MR) is 49.9 cm³/mol. The van der Waals surface area contributed by atoms with E-state index in [1.807, 2.05) is 6.92 Å². The Balaban J connectivity index is 3.67. The molecule has 2 unspecified atom stereocenters. The van der Waals surface area contributed by atoms with Crippen LogP contribution < -0.4 is 0 Å². The van der Waals surface area contributed by atoms with E-state index in [9.17, 15) is 9.90 Å². The highest BCUT2D eigenvalue weighted by atomic mass is 16.3. The third-order valence-electron chi connectivity index (χ3n) is 1.95. The van der Waals surface area contributed by atoms with E-state index in [1.165, 1.54) is 6.08 Å². The highest BCUT2D eigenvalue weighted by Crippen LogP contribution is 2.11. The number of allylic oxidation sites excluding steroid dienone is 1. The standard InChI is InChI=1S/C10H18O2/c1-3-4-7-10(12)9(2)6-5-8-11/h5-6,8-10,12H,3-4,7H2,1-2H3/b6-5+. The van der Waals surface area contributed by atoms with Crippen molar-refractivity contribution in [3.63, 3.8) is 0 Å². The zero-order valence-corrected chi connectivity index (χ0v) is 7.86. The van der Waals surface area contributed by atoms with Crippen LogP contribution in [0.5, 0.6) is 0 Å². The lowest BCUT2D eigenvalue weighted by Gasteiger charge is -2.14. The summed E-state index contributed by atoms with van der Waals surface area (Å²) in [6.07, 6.45) is 6.58. The lowest BCUT2D eigenvalue weighted by Crippen LogP contribution is -2.15. The summed E-state index contributed by atoms with van der Waals surface area (Å²) in [4.78, 5) is 9.98. The molecule has 0 saturated carbocycles. The lowest BCUT2D eigenvalue weighted by atomic mass is 9.99. The van der Waals surface area contributed by atoms with Crippen LogP contribution in [0.4, 0.5) is 0 Å². The van der Waals surface area contributed by atoms with Gasteiger partial charge in [-0.2, -0.15) is 0 Å². The van der Waals surface area contributed by atoms with Crippen LogP contribution in [-0.2, 0) is 4.79 Å². The molecule has 0 fully saturated rings. The van der Waals surface area contributed by atoms with Crippen LogP contribution >= 0.6 is 0 Å². The Kier molecular flexibility index (Phi) is 6.67. The highest BCUT2D eigenvalue weighted by molar-refractivity contribution is 5.64. The fourth-order valence-corrected chi connectivity index (χ4v) is 1.03. The zero-order valence-electron chi connectivity index (χ0n) is 7.86. The van der Waals surface area contributed by atoms with E-state index in [2.05, 4.69) is 6.92 Å². The van der Waals surface area contributed by atoms with Gasteiger partial charge in [0.25, 0.3) is 0 Å². The number of aldehydes is 1. The Morgan fingerprint density at radius 2 is 2.17 bits per heavy atom. The lowest BCUT2D eigenvalue weighted by molar-refractivity contribution is -0.104. The van der Waals surface area contributed by atoms with E-state index >= 15 is 0 Å². The van der Waals surface area contributed by atoms with E-state index in [-0.39, 0.29) is 12.0 Å². The largest absolute Gasteiger partial charge is 0.393 e. The molecule has 0 heterocycles. The molecule has 70 valence electrons. The van der Waals surface area contributed by atoms with E-state index in [0.29, 0.717) is 0 Å². The van der Waals surface area contributed by atoms with E-state index < -0.39 is 0 Å². The molecule has 12 heavy (non-hydrogen) atoms. The van der Waals surface area contributed by atoms with E-state index in [4.69, 9.17) is 0 Å². The minimum atomic E-state index is -0.304. The van der Waals surface area contributed by atoms with Crippen LogP contribution in [0.1, 0.15) is 33.1 Å². The Morgan fingerprint density at radius 1 is 1.50 bits per heavy atom. The first-order valence-corrected chi connectivity index (χ1v) is 4.52. The van der Waals surface area contributed by atoms with Gasteiger partial charge in [-0.1, -0.05) is 32.8 Å². The van der Waals surface area contributed by atoms with Gasteiger partial charge in [-0.3, -0.25) is 4.79 Å². The maximum Gasteiger partial charge on any atom is 0.142 e. The molecule has 0 saturated heterocycles. The Labute approximate surface area is 74.3 Å². The fourth-order valence-electron chi connectivity index (χ4n) is 1.03. The van der Waals surface area contributed by atoms with Crippen molar-refractivity contribution in [2.24, 2.45) is 5.92 Å². The molecule has 0 aromatic carbocycles. The third-order valence-corrected chi connectivity index (χ3v) is 1.95. The topological polar surface area (TPSA) is 37.3 Å². The van der Waals surface area contributed by atoms with Gasteiger partial charge in [0, 0.05) is 5.92 Å². The predicted octanol–water partition coefficient (Wildman–Crippen LogP) is 1.93. The fraction of sp³-hybridized carbons (Fsp3) is 0.700. The Hall–Kier alpha value is -0.630. The molecule has 2 heteroatoms. The third kappa shape index (κ3) is 5.08. The van der Waals surface area contributed by atoms with Crippen molar-refractivity contribution in [3.8, 4) is 0 Å². The van der Waals surface area contributed by atoms with Crippen molar-refractivity contribution in [1.29, 1.82) is 0 Å². The zero-order chi connectivity index (χ0) is 9.40. The molecule has 0 rings (SSSR count). The van der Waals surface area contributed by atoms with E-state index in [1.54, 1.807) is 6.08 Å². The summed E-state index contributed by atoms with van der Waals surface area (Å²) in [7, 11) is 0. The number of aliphatic hydroxyl groups is 1. The van der Waals surface area contributed by atoms with Crippen molar-refractivity contribution in [2.45, 2.75) is 39.2 Å². The summed E-state index contributed by atoms with van der Waals surface area (Å²) in [6, 6.07) is 0. The highest BCUT2D eigenvalue weighted by Gasteiger charge is 2.09. The Morgan fingerprint density at radius 3 is 2.67 bits per heavy atom. The second-order valence-electron chi connectivity index (χ2n) is 3.09. The maximum atomic E-state index is 9.98. The number of aliphatic hydroxyl groups excluding tert-OH is 1. The number of hydrogen-bond donors (Lipinski definition) is 1. The number of carbonyl (C=O) groups is 1. The maximum absolute atomic E-state index is 9.98. The van der Waals surface area contributed by atoms with Crippen molar-refractivity contribution in [1.82, 2.24) is 0 Å². The molecule has 0 spiro atoms. The molecule has 0 radical (unpaired) electrons. The summed E-state index contributed by atoms with van der Waals surface area (Å²) in [5, 5.41) is 9.51. The van der Waals surface area contributed by atoms with Gasteiger partial charge in [0.1, 0.15) is 6.29 Å². The van der Waals surface area contributed by atoms with Crippen LogP contribution in [0, 0.1) is 5.92 Å². The molecular weight excluding hydrogens is 152 g/mol. The number of carbonyl (C=O) groups excluding carboxylic acids is 1. The van der Waals surface area contributed by atoms with Crippen LogP contribution in [0.3, 0.4) is 0 Å². The molecule has 2 nitrogen and oxygen atoms in total. The summed E-state index contributed by atoms with van der Waals surface area (Å²) < 4.78 is 0.